The van der Waals surface area contributed by atoms with Gasteiger partial charge in [-0.1, -0.05) is 0 Å². The van der Waals surface area contributed by atoms with Crippen molar-refractivity contribution in [3.63, 3.8) is 0 Å². The molecule has 136 valence electrons. The van der Waals surface area contributed by atoms with Crippen molar-refractivity contribution in [3.8, 4) is 17.9 Å². The molecule has 1 amide bonds. The van der Waals surface area contributed by atoms with Crippen LogP contribution >= 0.6 is 0 Å². The highest BCUT2D eigenvalue weighted by Crippen LogP contribution is 2.22. The molecule has 7 nitrogen and oxygen atoms in total. The topological polar surface area (TPSA) is 98.4 Å². The third-order valence-electron chi connectivity index (χ3n) is 3.58. The van der Waals surface area contributed by atoms with E-state index in [0.29, 0.717) is 18.8 Å². The van der Waals surface area contributed by atoms with Crippen LogP contribution in [0, 0.1) is 22.7 Å². The molecule has 26 heavy (non-hydrogen) atoms. The molecule has 0 radical (unpaired) electrons. The highest BCUT2D eigenvalue weighted by Gasteiger charge is 2.30. The van der Waals surface area contributed by atoms with Crippen LogP contribution in [-0.4, -0.2) is 35.8 Å². The molecule has 1 aromatic rings. The van der Waals surface area contributed by atoms with E-state index in [1.165, 1.54) is 6.20 Å². The predicted octanol–water partition coefficient (Wildman–Crippen LogP) is 3.42. The molecule has 1 fully saturated rings. The number of carbonyl (C=O) groups excluding carboxylic acids is 1. The molecule has 0 saturated carbocycles. The van der Waals surface area contributed by atoms with Crippen molar-refractivity contribution in [2.75, 3.05) is 18.4 Å². The third-order valence-corrected chi connectivity index (χ3v) is 3.58. The summed E-state index contributed by atoms with van der Waals surface area (Å²) in [6, 6.07) is 10.7. The van der Waals surface area contributed by atoms with Gasteiger partial charge in [0.25, 0.3) is 0 Å². The first-order valence-corrected chi connectivity index (χ1v) is 8.32. The van der Waals surface area contributed by atoms with Gasteiger partial charge in [-0.25, -0.2) is 4.79 Å². The van der Waals surface area contributed by atoms with E-state index in [0.717, 1.165) is 12.1 Å². The molecule has 1 aliphatic heterocycles. The Labute approximate surface area is 153 Å². The van der Waals surface area contributed by atoms with E-state index < -0.39 is 5.60 Å². The normalized spacial score (nSPS) is 16.2. The lowest BCUT2D eigenvalue weighted by molar-refractivity contribution is 0.0275. The highest BCUT2D eigenvalue weighted by molar-refractivity contribution is 5.68. The smallest absolute Gasteiger partial charge is 0.410 e. The van der Waals surface area contributed by atoms with Gasteiger partial charge in [-0.2, -0.15) is 10.5 Å². The third kappa shape index (κ3) is 5.71. The van der Waals surface area contributed by atoms with E-state index in [-0.39, 0.29) is 17.8 Å². The summed E-state index contributed by atoms with van der Waals surface area (Å²) in [5.74, 6) is 0.691. The largest absolute Gasteiger partial charge is 0.489 e. The number of amides is 1. The number of benzene rings is 1. The van der Waals surface area contributed by atoms with Crippen molar-refractivity contribution in [1.82, 2.24) is 4.90 Å². The minimum absolute atomic E-state index is 0.00137. The van der Waals surface area contributed by atoms with Crippen LogP contribution in [0.25, 0.3) is 0 Å². The number of anilines is 1. The summed E-state index contributed by atoms with van der Waals surface area (Å²) >= 11 is 0. The number of hydrogen-bond acceptors (Lipinski definition) is 6. The van der Waals surface area contributed by atoms with Crippen molar-refractivity contribution < 1.29 is 14.3 Å². The van der Waals surface area contributed by atoms with Gasteiger partial charge in [-0.05, 0) is 45.0 Å². The van der Waals surface area contributed by atoms with E-state index in [1.807, 2.05) is 20.8 Å². The lowest BCUT2D eigenvalue weighted by Crippen LogP contribution is -2.36. The van der Waals surface area contributed by atoms with Crippen molar-refractivity contribution >= 4 is 11.8 Å². The summed E-state index contributed by atoms with van der Waals surface area (Å²) < 4.78 is 11.3. The van der Waals surface area contributed by atoms with Gasteiger partial charge in [0, 0.05) is 24.9 Å². The zero-order valence-corrected chi connectivity index (χ0v) is 15.2. The molecule has 0 aromatic heterocycles. The van der Waals surface area contributed by atoms with E-state index >= 15 is 0 Å². The molecule has 1 N–H and O–H groups in total. The predicted molar refractivity (Wildman–Crippen MR) is 96.2 cm³/mol. The van der Waals surface area contributed by atoms with Crippen LogP contribution < -0.4 is 10.1 Å². The molecular weight excluding hydrogens is 332 g/mol. The summed E-state index contributed by atoms with van der Waals surface area (Å²) in [6.45, 7) is 6.63. The maximum Gasteiger partial charge on any atom is 0.410 e. The summed E-state index contributed by atoms with van der Waals surface area (Å²) in [6.07, 6.45) is 1.70. The second kappa shape index (κ2) is 8.26. The van der Waals surface area contributed by atoms with E-state index in [1.54, 1.807) is 41.3 Å². The van der Waals surface area contributed by atoms with E-state index in [9.17, 15) is 4.79 Å². The van der Waals surface area contributed by atoms with Gasteiger partial charge < -0.3 is 19.7 Å². The molecule has 7 heteroatoms. The first-order chi connectivity index (χ1) is 12.3. The summed E-state index contributed by atoms with van der Waals surface area (Å²) in [4.78, 5) is 13.7. The van der Waals surface area contributed by atoms with Crippen molar-refractivity contribution in [1.29, 1.82) is 10.5 Å². The molecule has 1 unspecified atom stereocenters. The molecule has 0 bridgehead atoms. The first kappa shape index (κ1) is 19.1. The summed E-state index contributed by atoms with van der Waals surface area (Å²) in [7, 11) is 0. The van der Waals surface area contributed by atoms with Gasteiger partial charge in [0.2, 0.25) is 0 Å². The Morgan fingerprint density at radius 2 is 1.92 bits per heavy atom. The summed E-state index contributed by atoms with van der Waals surface area (Å²) in [5, 5.41) is 20.3. The van der Waals surface area contributed by atoms with Crippen LogP contribution in [0.5, 0.6) is 5.75 Å². The number of hydrogen-bond donors (Lipinski definition) is 1. The lowest BCUT2D eigenvalue weighted by Gasteiger charge is -2.24. The second-order valence-electron chi connectivity index (χ2n) is 6.91. The number of nitrogens with one attached hydrogen (secondary N) is 1. The standard InChI is InChI=1S/C19H22N4O3/c1-19(2,3)26-18(24)23-9-8-17(13-23)25-16-6-4-15(5-7-16)22-12-14(10-20)11-21/h4-7,12,17,22H,8-9,13H2,1-3H3. The number of nitriles is 2. The van der Waals surface area contributed by atoms with Crippen LogP contribution in [-0.2, 0) is 4.74 Å². The average Bonchev–Trinajstić information content (AvgIpc) is 3.04. The van der Waals surface area contributed by atoms with Crippen LogP contribution in [0.3, 0.4) is 0 Å². The van der Waals surface area contributed by atoms with Gasteiger partial charge in [-0.15, -0.1) is 0 Å². The molecule has 1 saturated heterocycles. The van der Waals surface area contributed by atoms with Gasteiger partial charge in [0.1, 0.15) is 35.2 Å². The Balaban J connectivity index is 1.87. The number of likely N-dealkylation sites (tertiary alicyclic amines) is 1. The highest BCUT2D eigenvalue weighted by atomic mass is 16.6. The second-order valence-corrected chi connectivity index (χ2v) is 6.91. The van der Waals surface area contributed by atoms with Crippen LogP contribution in [0.4, 0.5) is 10.5 Å². The molecule has 0 aliphatic carbocycles. The van der Waals surface area contributed by atoms with Crippen molar-refractivity contribution in [2.24, 2.45) is 0 Å². The first-order valence-electron chi connectivity index (χ1n) is 8.32. The molecular formula is C19H22N4O3. The quantitative estimate of drug-likeness (QED) is 0.832. The molecule has 0 spiro atoms. The zero-order chi connectivity index (χ0) is 19.2. The molecule has 2 rings (SSSR count). The lowest BCUT2D eigenvalue weighted by atomic mass is 10.2. The van der Waals surface area contributed by atoms with Gasteiger partial charge in [-0.3, -0.25) is 0 Å². The minimum Gasteiger partial charge on any atom is -0.489 e. The maximum atomic E-state index is 12.1. The van der Waals surface area contributed by atoms with Crippen molar-refractivity contribution in [3.05, 3.63) is 36.0 Å². The Kier molecular flexibility index (Phi) is 6.08. The number of carbonyl (C=O) groups is 1. The fourth-order valence-corrected chi connectivity index (χ4v) is 2.38. The maximum absolute atomic E-state index is 12.1. The van der Waals surface area contributed by atoms with Gasteiger partial charge in [0.05, 0.1) is 6.54 Å². The SMILES string of the molecule is CC(C)(C)OC(=O)N1CCC(Oc2ccc(NC=C(C#N)C#N)cc2)C1. The van der Waals surface area contributed by atoms with Crippen LogP contribution in [0.1, 0.15) is 27.2 Å². The monoisotopic (exact) mass is 354 g/mol. The average molecular weight is 354 g/mol. The minimum atomic E-state index is -0.510. The number of ether oxygens (including phenoxy) is 2. The van der Waals surface area contributed by atoms with Gasteiger partial charge >= 0.3 is 6.09 Å². The fourth-order valence-electron chi connectivity index (χ4n) is 2.38. The Morgan fingerprint density at radius 1 is 1.27 bits per heavy atom. The number of allylic oxidation sites excluding steroid dienone is 1. The number of rotatable bonds is 4. The Hall–Kier alpha value is -3.19. The van der Waals surface area contributed by atoms with Crippen LogP contribution in [0.2, 0.25) is 0 Å². The Morgan fingerprint density at radius 3 is 2.50 bits per heavy atom. The molecule has 1 aromatic carbocycles. The fraction of sp³-hybridized carbons (Fsp3) is 0.421. The molecule has 1 heterocycles. The Bertz CT molecular complexity index is 735. The summed E-state index contributed by atoms with van der Waals surface area (Å²) in [5.41, 5.74) is 0.227. The van der Waals surface area contributed by atoms with Gasteiger partial charge in [0.15, 0.2) is 0 Å². The zero-order valence-electron chi connectivity index (χ0n) is 15.2. The van der Waals surface area contributed by atoms with E-state index in [2.05, 4.69) is 5.32 Å². The molecule has 1 atom stereocenters. The van der Waals surface area contributed by atoms with Crippen LogP contribution in [0.15, 0.2) is 36.0 Å². The molecule has 1 aliphatic rings. The van der Waals surface area contributed by atoms with E-state index in [4.69, 9.17) is 20.0 Å². The van der Waals surface area contributed by atoms with Crippen molar-refractivity contribution in [2.45, 2.75) is 38.9 Å². The number of nitrogens with zero attached hydrogens (tertiary/aromatic N) is 3.